The van der Waals surface area contributed by atoms with Crippen molar-refractivity contribution < 1.29 is 5.11 Å². The first-order valence-corrected chi connectivity index (χ1v) is 12.6. The van der Waals surface area contributed by atoms with Gasteiger partial charge < -0.3 is 0 Å². The van der Waals surface area contributed by atoms with Crippen molar-refractivity contribution in [3.05, 3.63) is 11.6 Å². The minimum atomic E-state index is -0.327. The molecule has 0 amide bonds. The Morgan fingerprint density at radius 1 is 1.00 bits per heavy atom. The highest BCUT2D eigenvalue weighted by atomic mass is 16.3. The molecule has 8 atom stereocenters. The van der Waals surface area contributed by atoms with Crippen LogP contribution in [0.4, 0.5) is 0 Å². The molecule has 0 aromatic carbocycles. The highest BCUT2D eigenvalue weighted by Gasteiger charge is 2.59. The Labute approximate surface area is 174 Å². The maximum atomic E-state index is 12.1. The van der Waals surface area contributed by atoms with Crippen molar-refractivity contribution >= 4 is 0 Å². The first kappa shape index (κ1) is 21.0. The van der Waals surface area contributed by atoms with Crippen LogP contribution in [0.3, 0.4) is 0 Å². The lowest BCUT2D eigenvalue weighted by atomic mass is 9.47. The average Bonchev–Trinajstić information content (AvgIpc) is 2.99. The van der Waals surface area contributed by atoms with Crippen LogP contribution in [-0.4, -0.2) is 6.10 Å². The predicted octanol–water partition coefficient (Wildman–Crippen LogP) is 7.83. The highest BCUT2D eigenvalue weighted by molar-refractivity contribution is 5.25. The third kappa shape index (κ3) is 3.42. The zero-order valence-electron chi connectivity index (χ0n) is 19.3. The predicted molar refractivity (Wildman–Crippen MR) is 118 cm³/mol. The summed E-state index contributed by atoms with van der Waals surface area (Å²) in [6.07, 6.45) is 16.5. The maximum Gasteiger partial charge on any atom is 0.0967 e. The lowest BCUT2D eigenvalue weighted by Crippen LogP contribution is -2.50. The molecule has 0 saturated heterocycles. The molecule has 1 heteroatoms. The van der Waals surface area contributed by atoms with Gasteiger partial charge in [-0.05, 0) is 97.7 Å². The fourth-order valence-corrected chi connectivity index (χ4v) is 8.65. The van der Waals surface area contributed by atoms with Gasteiger partial charge in [0.15, 0.2) is 0 Å². The van der Waals surface area contributed by atoms with Gasteiger partial charge in [0, 0.05) is 0 Å². The van der Waals surface area contributed by atoms with Crippen LogP contribution >= 0.6 is 0 Å². The number of allylic oxidation sites excluding steroid dienone is 1. The van der Waals surface area contributed by atoms with Crippen LogP contribution in [0.15, 0.2) is 11.6 Å². The van der Waals surface area contributed by atoms with Gasteiger partial charge in [0.2, 0.25) is 0 Å². The molecule has 4 rings (SSSR count). The van der Waals surface area contributed by atoms with Crippen molar-refractivity contribution in [3.63, 3.8) is 0 Å². The third-order valence-corrected chi connectivity index (χ3v) is 10.3. The molecule has 0 heterocycles. The lowest BCUT2D eigenvalue weighted by Gasteiger charge is -2.58. The highest BCUT2D eigenvalue weighted by Crippen LogP contribution is 2.67. The molecule has 0 unspecified atom stereocenters. The molecule has 1 nitrogen and oxygen atoms in total. The van der Waals surface area contributed by atoms with Crippen LogP contribution in [0.1, 0.15) is 105 Å². The zero-order valence-corrected chi connectivity index (χ0v) is 19.3. The molecule has 3 fully saturated rings. The summed E-state index contributed by atoms with van der Waals surface area (Å²) in [4.78, 5) is 0. The minimum absolute atomic E-state index is 0.327. The van der Waals surface area contributed by atoms with E-state index < -0.39 is 0 Å². The van der Waals surface area contributed by atoms with E-state index in [1.165, 1.54) is 51.4 Å². The minimum Gasteiger partial charge on any atom is -0.233 e. The molecule has 28 heavy (non-hydrogen) atoms. The molecule has 1 radical (unpaired) electrons. The van der Waals surface area contributed by atoms with Crippen LogP contribution in [0.25, 0.3) is 0 Å². The Morgan fingerprint density at radius 3 is 2.54 bits per heavy atom. The van der Waals surface area contributed by atoms with Gasteiger partial charge in [-0.15, -0.1) is 0 Å². The largest absolute Gasteiger partial charge is 0.233 e. The van der Waals surface area contributed by atoms with E-state index in [1.807, 2.05) is 0 Å². The first-order chi connectivity index (χ1) is 13.3. The van der Waals surface area contributed by atoms with E-state index in [-0.39, 0.29) is 6.10 Å². The average molecular weight is 386 g/mol. The van der Waals surface area contributed by atoms with Crippen molar-refractivity contribution in [2.24, 2.45) is 46.3 Å². The second-order valence-electron chi connectivity index (χ2n) is 12.2. The molecule has 159 valence electrons. The monoisotopic (exact) mass is 385 g/mol. The van der Waals surface area contributed by atoms with Crippen molar-refractivity contribution in [1.29, 1.82) is 0 Å². The van der Waals surface area contributed by atoms with Crippen molar-refractivity contribution in [2.75, 3.05) is 0 Å². The quantitative estimate of drug-likeness (QED) is 0.430. The van der Waals surface area contributed by atoms with E-state index in [2.05, 4.69) is 40.7 Å². The zero-order chi connectivity index (χ0) is 20.1. The summed E-state index contributed by atoms with van der Waals surface area (Å²) in [6, 6.07) is 0. The molecule has 0 aromatic heterocycles. The van der Waals surface area contributed by atoms with E-state index in [0.717, 1.165) is 54.8 Å². The van der Waals surface area contributed by atoms with Gasteiger partial charge in [-0.25, -0.2) is 5.11 Å². The molecule has 4 aliphatic carbocycles. The van der Waals surface area contributed by atoms with E-state index in [0.29, 0.717) is 10.8 Å². The van der Waals surface area contributed by atoms with Crippen LogP contribution in [-0.2, 0) is 5.11 Å². The lowest BCUT2D eigenvalue weighted by molar-refractivity contribution is -0.0623. The van der Waals surface area contributed by atoms with Crippen LogP contribution in [0.5, 0.6) is 0 Å². The van der Waals surface area contributed by atoms with Gasteiger partial charge in [0.1, 0.15) is 0 Å². The van der Waals surface area contributed by atoms with Gasteiger partial charge in [-0.2, -0.15) is 0 Å². The van der Waals surface area contributed by atoms with E-state index in [1.54, 1.807) is 5.57 Å². The summed E-state index contributed by atoms with van der Waals surface area (Å²) in [5, 5.41) is 12.1. The molecule has 0 spiro atoms. The number of hydrogen-bond donors (Lipinski definition) is 0. The van der Waals surface area contributed by atoms with Crippen molar-refractivity contribution in [2.45, 2.75) is 111 Å². The summed E-state index contributed by atoms with van der Waals surface area (Å²) in [5.41, 5.74) is 2.49. The normalized spacial score (nSPS) is 46.5. The number of rotatable bonds is 5. The van der Waals surface area contributed by atoms with Gasteiger partial charge in [0.05, 0.1) is 6.10 Å². The first-order valence-electron chi connectivity index (χ1n) is 12.6. The summed E-state index contributed by atoms with van der Waals surface area (Å²) in [7, 11) is 0. The van der Waals surface area contributed by atoms with Gasteiger partial charge >= 0.3 is 0 Å². The summed E-state index contributed by atoms with van der Waals surface area (Å²) in [6.45, 7) is 12.5. The molecule has 0 aliphatic heterocycles. The Balaban J connectivity index is 1.49. The van der Waals surface area contributed by atoms with Gasteiger partial charge in [-0.3, -0.25) is 0 Å². The summed E-state index contributed by atoms with van der Waals surface area (Å²) >= 11 is 0. The Kier molecular flexibility index (Phi) is 5.80. The van der Waals surface area contributed by atoms with Crippen LogP contribution in [0, 0.1) is 46.3 Å². The summed E-state index contributed by atoms with van der Waals surface area (Å²) < 4.78 is 0. The Morgan fingerprint density at radius 2 is 1.79 bits per heavy atom. The van der Waals surface area contributed by atoms with Crippen LogP contribution < -0.4 is 0 Å². The van der Waals surface area contributed by atoms with Crippen LogP contribution in [0.2, 0.25) is 0 Å². The van der Waals surface area contributed by atoms with Gasteiger partial charge in [-0.1, -0.05) is 65.5 Å². The van der Waals surface area contributed by atoms with E-state index in [9.17, 15) is 5.11 Å². The molecule has 0 N–H and O–H groups in total. The fraction of sp³-hybridized carbons (Fsp3) is 0.926. The summed E-state index contributed by atoms with van der Waals surface area (Å²) in [5.74, 6) is 5.37. The second-order valence-corrected chi connectivity index (χ2v) is 12.2. The van der Waals surface area contributed by atoms with Crippen molar-refractivity contribution in [1.82, 2.24) is 0 Å². The maximum absolute atomic E-state index is 12.1. The third-order valence-electron chi connectivity index (χ3n) is 10.3. The number of fused-ring (bicyclic) bond motifs is 5. The molecular formula is C27H45O. The fourth-order valence-electron chi connectivity index (χ4n) is 8.65. The van der Waals surface area contributed by atoms with E-state index >= 15 is 0 Å². The molecule has 4 aliphatic rings. The molecular weight excluding hydrogens is 340 g/mol. The molecule has 0 bridgehead atoms. The SMILES string of the molecule is CC(C)CCC[C@@H](C)[C@H]1CC[C@H]2[C@@H]3CC=C4C[C@@H]([O])CC[C@]4(C)[C@H]3CC[C@]12C. The second kappa shape index (κ2) is 7.75. The Bertz CT molecular complexity index is 591. The molecule has 3 saturated carbocycles. The Hall–Kier alpha value is -0.300. The molecule has 0 aromatic rings. The smallest absolute Gasteiger partial charge is 0.0967 e. The number of hydrogen-bond acceptors (Lipinski definition) is 0. The standard InChI is InChI=1S/C27H45O/c1-18(2)7-6-8-19(3)23-11-12-24-22-10-9-20-17-21(28)13-15-26(20,4)25(22)14-16-27(23,24)5/h9,18-19,21-25H,6-8,10-17H2,1-5H3/t19-,21+,22+,23-,24+,25+,26+,27-/m1/s1. The topological polar surface area (TPSA) is 19.9 Å². The van der Waals surface area contributed by atoms with Crippen molar-refractivity contribution in [3.8, 4) is 0 Å². The van der Waals surface area contributed by atoms with E-state index in [4.69, 9.17) is 0 Å². The van der Waals surface area contributed by atoms with Gasteiger partial charge in [0.25, 0.3) is 0 Å².